The Morgan fingerprint density at radius 2 is 2.21 bits per heavy atom. The van der Waals surface area contributed by atoms with Crippen LogP contribution >= 0.6 is 0 Å². The highest BCUT2D eigenvalue weighted by atomic mass is 16.5. The van der Waals surface area contributed by atoms with Crippen molar-refractivity contribution in [3.05, 3.63) is 0 Å². The Balaban J connectivity index is 3.72. The van der Waals surface area contributed by atoms with E-state index >= 15 is 0 Å². The molecule has 0 rings (SSSR count). The third-order valence-corrected chi connectivity index (χ3v) is 1.98. The van der Waals surface area contributed by atoms with Gasteiger partial charge in [-0.2, -0.15) is 0 Å². The van der Waals surface area contributed by atoms with Crippen LogP contribution in [-0.4, -0.2) is 54.9 Å². The van der Waals surface area contributed by atoms with Gasteiger partial charge in [0, 0.05) is 19.7 Å². The molecule has 0 spiro atoms. The molecule has 0 saturated carbocycles. The molecule has 14 heavy (non-hydrogen) atoms. The maximum absolute atomic E-state index is 10.5. The Kier molecular flexibility index (Phi) is 7.37. The Hall–Kier alpha value is -0.650. The summed E-state index contributed by atoms with van der Waals surface area (Å²) in [6.45, 7) is 7.09. The van der Waals surface area contributed by atoms with Crippen molar-refractivity contribution < 1.29 is 14.6 Å². The van der Waals surface area contributed by atoms with E-state index in [-0.39, 0.29) is 0 Å². The maximum atomic E-state index is 10.5. The van der Waals surface area contributed by atoms with Crippen LogP contribution in [0.25, 0.3) is 0 Å². The Morgan fingerprint density at radius 3 is 2.64 bits per heavy atom. The van der Waals surface area contributed by atoms with E-state index in [4.69, 9.17) is 15.6 Å². The van der Waals surface area contributed by atoms with Crippen molar-refractivity contribution in [2.24, 2.45) is 5.73 Å². The zero-order chi connectivity index (χ0) is 11.0. The number of carboxylic acids is 1. The van der Waals surface area contributed by atoms with Crippen LogP contribution in [0.2, 0.25) is 0 Å². The van der Waals surface area contributed by atoms with Crippen LogP contribution in [0.3, 0.4) is 0 Å². The summed E-state index contributed by atoms with van der Waals surface area (Å²) in [6.07, 6.45) is 0. The number of nitrogens with two attached hydrogens (primary N) is 1. The second-order valence-electron chi connectivity index (χ2n) is 3.03. The lowest BCUT2D eigenvalue weighted by atomic mass is 10.3. The van der Waals surface area contributed by atoms with Gasteiger partial charge in [-0.05, 0) is 13.5 Å². The summed E-state index contributed by atoms with van der Waals surface area (Å²) < 4.78 is 5.18. The second-order valence-corrected chi connectivity index (χ2v) is 3.03. The molecular weight excluding hydrogens is 184 g/mol. The van der Waals surface area contributed by atoms with Crippen molar-refractivity contribution >= 4 is 5.97 Å². The number of rotatable bonds is 8. The Labute approximate surface area is 84.8 Å². The first kappa shape index (κ1) is 13.4. The number of likely N-dealkylation sites (N-methyl/N-ethyl adjacent to an activating group) is 1. The minimum atomic E-state index is -0.958. The van der Waals surface area contributed by atoms with Crippen molar-refractivity contribution in [3.63, 3.8) is 0 Å². The molecule has 3 N–H and O–H groups in total. The molecule has 0 bridgehead atoms. The summed E-state index contributed by atoms with van der Waals surface area (Å²) in [4.78, 5) is 12.5. The van der Waals surface area contributed by atoms with Crippen molar-refractivity contribution in [2.75, 3.05) is 32.8 Å². The van der Waals surface area contributed by atoms with E-state index in [2.05, 4.69) is 0 Å². The van der Waals surface area contributed by atoms with Crippen LogP contribution in [0.4, 0.5) is 0 Å². The second kappa shape index (κ2) is 7.73. The van der Waals surface area contributed by atoms with Crippen molar-refractivity contribution in [1.82, 2.24) is 4.90 Å². The molecule has 0 aromatic rings. The van der Waals surface area contributed by atoms with Crippen LogP contribution in [-0.2, 0) is 9.53 Å². The summed E-state index contributed by atoms with van der Waals surface area (Å²) in [5.41, 5.74) is 5.42. The Morgan fingerprint density at radius 1 is 1.57 bits per heavy atom. The van der Waals surface area contributed by atoms with Crippen LogP contribution in [0.15, 0.2) is 0 Å². The fourth-order valence-electron chi connectivity index (χ4n) is 1.07. The van der Waals surface area contributed by atoms with Crippen molar-refractivity contribution in [1.29, 1.82) is 0 Å². The molecule has 0 radical (unpaired) electrons. The molecule has 0 saturated heterocycles. The lowest BCUT2D eigenvalue weighted by Gasteiger charge is -2.21. The molecule has 0 aliphatic heterocycles. The first-order valence-electron chi connectivity index (χ1n) is 4.90. The first-order valence-corrected chi connectivity index (χ1v) is 4.90. The average Bonchev–Trinajstić information content (AvgIpc) is 2.16. The molecule has 0 amide bonds. The highest BCUT2D eigenvalue weighted by molar-refractivity contribution is 5.73. The van der Waals surface area contributed by atoms with Gasteiger partial charge in [0.25, 0.3) is 0 Å². The van der Waals surface area contributed by atoms with E-state index in [0.717, 1.165) is 13.1 Å². The number of nitrogens with zero attached hydrogens (tertiary/aromatic N) is 1. The van der Waals surface area contributed by atoms with Gasteiger partial charge in [0.2, 0.25) is 0 Å². The van der Waals surface area contributed by atoms with E-state index in [1.807, 2.05) is 18.7 Å². The third kappa shape index (κ3) is 5.90. The molecule has 1 unspecified atom stereocenters. The van der Waals surface area contributed by atoms with Gasteiger partial charge in [-0.15, -0.1) is 0 Å². The summed E-state index contributed by atoms with van der Waals surface area (Å²) in [5.74, 6) is -0.958. The molecule has 0 aromatic carbocycles. The van der Waals surface area contributed by atoms with Gasteiger partial charge in [0.15, 0.2) is 0 Å². The Bertz CT molecular complexity index is 164. The smallest absolute Gasteiger partial charge is 0.321 e. The van der Waals surface area contributed by atoms with Crippen LogP contribution in [0.1, 0.15) is 13.8 Å². The lowest BCUT2D eigenvalue weighted by Crippen LogP contribution is -2.43. The molecular formula is C9H20N2O3. The highest BCUT2D eigenvalue weighted by Gasteiger charge is 2.14. The van der Waals surface area contributed by atoms with Gasteiger partial charge in [0.1, 0.15) is 6.04 Å². The van der Waals surface area contributed by atoms with E-state index in [1.54, 1.807) is 0 Å². The molecule has 5 heteroatoms. The van der Waals surface area contributed by atoms with Crippen molar-refractivity contribution in [3.8, 4) is 0 Å². The fraction of sp³-hybridized carbons (Fsp3) is 0.889. The molecule has 84 valence electrons. The van der Waals surface area contributed by atoms with E-state index in [1.165, 1.54) is 0 Å². The van der Waals surface area contributed by atoms with Crippen LogP contribution in [0, 0.1) is 0 Å². The summed E-state index contributed by atoms with van der Waals surface area (Å²) in [5, 5.41) is 8.62. The zero-order valence-electron chi connectivity index (χ0n) is 8.90. The van der Waals surface area contributed by atoms with E-state index < -0.39 is 12.0 Å². The van der Waals surface area contributed by atoms with Gasteiger partial charge in [-0.3, -0.25) is 9.69 Å². The fourth-order valence-corrected chi connectivity index (χ4v) is 1.07. The lowest BCUT2D eigenvalue weighted by molar-refractivity contribution is -0.139. The van der Waals surface area contributed by atoms with Crippen LogP contribution < -0.4 is 5.73 Å². The van der Waals surface area contributed by atoms with E-state index in [0.29, 0.717) is 19.8 Å². The number of carboxylic acid groups (broad SMARTS) is 1. The number of aliphatic carboxylic acids is 1. The number of hydrogen-bond acceptors (Lipinski definition) is 4. The van der Waals surface area contributed by atoms with Gasteiger partial charge in [-0.1, -0.05) is 6.92 Å². The average molecular weight is 204 g/mol. The summed E-state index contributed by atoms with van der Waals surface area (Å²) >= 11 is 0. The topological polar surface area (TPSA) is 75.8 Å². The molecule has 0 aliphatic rings. The van der Waals surface area contributed by atoms with Crippen LogP contribution in [0.5, 0.6) is 0 Å². The molecule has 0 fully saturated rings. The van der Waals surface area contributed by atoms with Crippen molar-refractivity contribution in [2.45, 2.75) is 19.9 Å². The van der Waals surface area contributed by atoms with Gasteiger partial charge in [0.05, 0.1) is 6.61 Å². The van der Waals surface area contributed by atoms with Gasteiger partial charge >= 0.3 is 5.97 Å². The number of carbonyl (C=O) groups is 1. The van der Waals surface area contributed by atoms with E-state index in [9.17, 15) is 4.79 Å². The molecule has 5 nitrogen and oxygen atoms in total. The standard InChI is InChI=1S/C9H20N2O3/c1-3-11(5-6-14-4-2)7-8(10)9(12)13/h8H,3-7,10H2,1-2H3,(H,12,13). The first-order chi connectivity index (χ1) is 6.61. The predicted octanol–water partition coefficient (Wildman–Crippen LogP) is -0.243. The normalized spacial score (nSPS) is 13.1. The summed E-state index contributed by atoms with van der Waals surface area (Å²) in [7, 11) is 0. The van der Waals surface area contributed by atoms with Gasteiger partial charge in [-0.25, -0.2) is 0 Å². The summed E-state index contributed by atoms with van der Waals surface area (Å²) in [6, 6.07) is -0.809. The quantitative estimate of drug-likeness (QED) is 0.533. The molecule has 0 heterocycles. The molecule has 0 aliphatic carbocycles. The molecule has 1 atom stereocenters. The largest absolute Gasteiger partial charge is 0.480 e. The minimum Gasteiger partial charge on any atom is -0.480 e. The maximum Gasteiger partial charge on any atom is 0.321 e. The number of hydrogen-bond donors (Lipinski definition) is 2. The number of ether oxygens (including phenoxy) is 1. The predicted molar refractivity (Wildman–Crippen MR) is 54.2 cm³/mol. The van der Waals surface area contributed by atoms with Gasteiger partial charge < -0.3 is 15.6 Å². The third-order valence-electron chi connectivity index (χ3n) is 1.98. The molecule has 0 aromatic heterocycles. The highest BCUT2D eigenvalue weighted by Crippen LogP contribution is 1.91. The zero-order valence-corrected chi connectivity index (χ0v) is 8.90. The SMILES string of the molecule is CCOCCN(CC)CC(N)C(=O)O. The monoisotopic (exact) mass is 204 g/mol. The minimum absolute atomic E-state index is 0.374.